The fourth-order valence-electron chi connectivity index (χ4n) is 3.57. The molecule has 0 spiro atoms. The van der Waals surface area contributed by atoms with Crippen LogP contribution in [0.3, 0.4) is 0 Å². The molecule has 1 atom stereocenters. The predicted octanol–water partition coefficient (Wildman–Crippen LogP) is 3.42. The van der Waals surface area contributed by atoms with Gasteiger partial charge in [-0.1, -0.05) is 18.2 Å². The Hall–Kier alpha value is -1.02. The van der Waals surface area contributed by atoms with Gasteiger partial charge >= 0.3 is 0 Å². The molecule has 154 valence electrons. The highest BCUT2D eigenvalue weighted by Crippen LogP contribution is 2.15. The molecule has 2 N–H and O–H groups in total. The molecule has 0 bridgehead atoms. The zero-order valence-electron chi connectivity index (χ0n) is 17.3. The van der Waals surface area contributed by atoms with Crippen LogP contribution in [0, 0.1) is 5.92 Å². The van der Waals surface area contributed by atoms with Gasteiger partial charge in [-0.05, 0) is 64.8 Å². The molecule has 1 saturated heterocycles. The number of guanidine groups is 1. The van der Waals surface area contributed by atoms with E-state index in [1.165, 1.54) is 31.6 Å². The smallest absolute Gasteiger partial charge is 0.191 e. The molecule has 27 heavy (non-hydrogen) atoms. The van der Waals surface area contributed by atoms with Crippen molar-refractivity contribution in [1.82, 2.24) is 15.5 Å². The third-order valence-electron chi connectivity index (χ3n) is 4.97. The topological polar surface area (TPSA) is 42.9 Å². The van der Waals surface area contributed by atoms with E-state index < -0.39 is 0 Å². The van der Waals surface area contributed by atoms with Gasteiger partial charge in [-0.3, -0.25) is 4.99 Å². The van der Waals surface area contributed by atoms with Gasteiger partial charge in [-0.25, -0.2) is 0 Å². The minimum Gasteiger partial charge on any atom is -0.372 e. The molecule has 0 aromatic heterocycles. The van der Waals surface area contributed by atoms with Crippen molar-refractivity contribution in [1.29, 1.82) is 0 Å². The first-order chi connectivity index (χ1) is 12.7. The minimum absolute atomic E-state index is 0. The first-order valence-corrected chi connectivity index (χ1v) is 10.2. The van der Waals surface area contributed by atoms with Gasteiger partial charge < -0.3 is 20.4 Å². The summed E-state index contributed by atoms with van der Waals surface area (Å²) in [5.74, 6) is 1.65. The van der Waals surface area contributed by atoms with Crippen LogP contribution < -0.4 is 15.5 Å². The molecule has 0 radical (unpaired) electrons. The Morgan fingerprint density at radius 2 is 2.00 bits per heavy atom. The van der Waals surface area contributed by atoms with Crippen LogP contribution in [0.4, 0.5) is 5.69 Å². The quantitative estimate of drug-likeness (QED) is 0.243. The molecule has 2 rings (SSSR count). The molecule has 0 aliphatic carbocycles. The standard InChI is InChI=1S/C21H37N5.HI/c1-4-22-21(24-17-19-11-9-15-25(3)18-19)23-14-10-16-26(5-2)20-12-7-6-8-13-20;/h6-8,12-13,19H,4-5,9-11,14-18H2,1-3H3,(H2,22,23,24);1H. The van der Waals surface area contributed by atoms with Crippen molar-refractivity contribution in [2.45, 2.75) is 33.1 Å². The van der Waals surface area contributed by atoms with E-state index >= 15 is 0 Å². The molecule has 1 aliphatic heterocycles. The van der Waals surface area contributed by atoms with Crippen LogP contribution in [0.2, 0.25) is 0 Å². The second-order valence-corrected chi connectivity index (χ2v) is 7.19. The normalized spacial score (nSPS) is 17.9. The molecule has 1 aliphatic rings. The highest BCUT2D eigenvalue weighted by molar-refractivity contribution is 14.0. The maximum absolute atomic E-state index is 4.82. The van der Waals surface area contributed by atoms with Crippen LogP contribution in [0.15, 0.2) is 35.3 Å². The van der Waals surface area contributed by atoms with E-state index in [-0.39, 0.29) is 24.0 Å². The molecule has 1 heterocycles. The molecule has 0 amide bonds. The van der Waals surface area contributed by atoms with Crippen molar-refractivity contribution >= 4 is 35.6 Å². The van der Waals surface area contributed by atoms with Crippen LogP contribution in [-0.2, 0) is 0 Å². The summed E-state index contributed by atoms with van der Waals surface area (Å²) in [4.78, 5) is 9.66. The third-order valence-corrected chi connectivity index (χ3v) is 4.97. The van der Waals surface area contributed by atoms with Gasteiger partial charge in [-0.15, -0.1) is 24.0 Å². The average molecular weight is 487 g/mol. The number of aliphatic imine (C=N–C) groups is 1. The van der Waals surface area contributed by atoms with Crippen molar-refractivity contribution in [3.05, 3.63) is 30.3 Å². The average Bonchev–Trinajstić information content (AvgIpc) is 2.67. The molecular weight excluding hydrogens is 449 g/mol. The molecule has 1 aromatic rings. The fourth-order valence-corrected chi connectivity index (χ4v) is 3.57. The lowest BCUT2D eigenvalue weighted by Crippen LogP contribution is -2.40. The molecule has 5 nitrogen and oxygen atoms in total. The number of halogens is 1. The number of benzene rings is 1. The van der Waals surface area contributed by atoms with Crippen LogP contribution >= 0.6 is 24.0 Å². The lowest BCUT2D eigenvalue weighted by atomic mass is 9.99. The van der Waals surface area contributed by atoms with Crippen molar-refractivity contribution in [2.75, 3.05) is 57.8 Å². The number of likely N-dealkylation sites (tertiary alicyclic amines) is 1. The first-order valence-electron chi connectivity index (χ1n) is 10.2. The van der Waals surface area contributed by atoms with Crippen LogP contribution in [0.1, 0.15) is 33.1 Å². The van der Waals surface area contributed by atoms with E-state index in [0.29, 0.717) is 5.92 Å². The van der Waals surface area contributed by atoms with E-state index in [4.69, 9.17) is 4.99 Å². The van der Waals surface area contributed by atoms with Crippen LogP contribution in [0.5, 0.6) is 0 Å². The molecule has 1 fully saturated rings. The van der Waals surface area contributed by atoms with Crippen molar-refractivity contribution in [3.8, 4) is 0 Å². The van der Waals surface area contributed by atoms with Gasteiger partial charge in [0.25, 0.3) is 0 Å². The van der Waals surface area contributed by atoms with Crippen LogP contribution in [-0.4, -0.2) is 63.7 Å². The zero-order chi connectivity index (χ0) is 18.6. The summed E-state index contributed by atoms with van der Waals surface area (Å²) < 4.78 is 0. The van der Waals surface area contributed by atoms with Gasteiger partial charge in [0.15, 0.2) is 5.96 Å². The van der Waals surface area contributed by atoms with Gasteiger partial charge in [0.1, 0.15) is 0 Å². The number of nitrogens with one attached hydrogen (secondary N) is 2. The highest BCUT2D eigenvalue weighted by Gasteiger charge is 2.16. The Balaban J connectivity index is 0.00000364. The Morgan fingerprint density at radius 1 is 1.22 bits per heavy atom. The van der Waals surface area contributed by atoms with E-state index in [2.05, 4.69) is 71.7 Å². The van der Waals surface area contributed by atoms with Gasteiger partial charge in [-0.2, -0.15) is 0 Å². The Labute approximate surface area is 183 Å². The third kappa shape index (κ3) is 9.14. The first kappa shape index (κ1) is 24.0. The lowest BCUT2D eigenvalue weighted by Gasteiger charge is -2.28. The molecule has 1 unspecified atom stereocenters. The Morgan fingerprint density at radius 3 is 2.67 bits per heavy atom. The van der Waals surface area contributed by atoms with E-state index in [1.54, 1.807) is 0 Å². The largest absolute Gasteiger partial charge is 0.372 e. The predicted molar refractivity (Wildman–Crippen MR) is 129 cm³/mol. The second-order valence-electron chi connectivity index (χ2n) is 7.19. The zero-order valence-corrected chi connectivity index (χ0v) is 19.6. The minimum atomic E-state index is 0. The fraction of sp³-hybridized carbons (Fsp3) is 0.667. The van der Waals surface area contributed by atoms with E-state index in [9.17, 15) is 0 Å². The molecule has 0 saturated carbocycles. The van der Waals surface area contributed by atoms with E-state index in [0.717, 1.165) is 45.1 Å². The summed E-state index contributed by atoms with van der Waals surface area (Å²) >= 11 is 0. The number of rotatable bonds is 9. The van der Waals surface area contributed by atoms with Gasteiger partial charge in [0.2, 0.25) is 0 Å². The number of nitrogens with zero attached hydrogens (tertiary/aromatic N) is 3. The number of piperidine rings is 1. The van der Waals surface area contributed by atoms with Crippen LogP contribution in [0.25, 0.3) is 0 Å². The van der Waals surface area contributed by atoms with Crippen molar-refractivity contribution in [3.63, 3.8) is 0 Å². The summed E-state index contributed by atoms with van der Waals surface area (Å²) in [5.41, 5.74) is 1.30. The van der Waals surface area contributed by atoms with Crippen molar-refractivity contribution in [2.24, 2.45) is 10.9 Å². The maximum atomic E-state index is 4.82. The summed E-state index contributed by atoms with van der Waals surface area (Å²) in [6.45, 7) is 11.6. The molecule has 6 heteroatoms. The summed E-state index contributed by atoms with van der Waals surface area (Å²) in [6.07, 6.45) is 3.70. The number of hydrogen-bond acceptors (Lipinski definition) is 3. The summed E-state index contributed by atoms with van der Waals surface area (Å²) in [7, 11) is 2.21. The van der Waals surface area contributed by atoms with Gasteiger partial charge in [0, 0.05) is 45.0 Å². The van der Waals surface area contributed by atoms with Crippen molar-refractivity contribution < 1.29 is 0 Å². The maximum Gasteiger partial charge on any atom is 0.191 e. The second kappa shape index (κ2) is 14.0. The number of para-hydroxylation sites is 1. The lowest BCUT2D eigenvalue weighted by molar-refractivity contribution is 0.214. The SMILES string of the molecule is CCNC(=NCC1CCCN(C)C1)NCCCN(CC)c1ccccc1.I. The summed E-state index contributed by atoms with van der Waals surface area (Å²) in [6, 6.07) is 10.7. The molecular formula is C21H38IN5. The Kier molecular flexibility index (Phi) is 12.5. The number of hydrogen-bond donors (Lipinski definition) is 2. The highest BCUT2D eigenvalue weighted by atomic mass is 127. The Bertz CT molecular complexity index is 523. The number of anilines is 1. The van der Waals surface area contributed by atoms with Gasteiger partial charge in [0.05, 0.1) is 0 Å². The monoisotopic (exact) mass is 487 g/mol. The summed E-state index contributed by atoms with van der Waals surface area (Å²) in [5, 5.41) is 6.88. The molecule has 1 aromatic carbocycles. The van der Waals surface area contributed by atoms with E-state index in [1.807, 2.05) is 0 Å².